The van der Waals surface area contributed by atoms with Crippen molar-refractivity contribution in [3.8, 4) is 17.3 Å². The fourth-order valence-electron chi connectivity index (χ4n) is 3.19. The zero-order chi connectivity index (χ0) is 23.9. The van der Waals surface area contributed by atoms with Gasteiger partial charge in [-0.05, 0) is 18.2 Å². The molecule has 0 aliphatic carbocycles. The summed E-state index contributed by atoms with van der Waals surface area (Å²) in [5, 5.41) is 3.87. The van der Waals surface area contributed by atoms with Crippen LogP contribution in [0.2, 0.25) is 0 Å². The van der Waals surface area contributed by atoms with E-state index < -0.39 is 0 Å². The van der Waals surface area contributed by atoms with Crippen molar-refractivity contribution in [3.63, 3.8) is 0 Å². The Bertz CT molecular complexity index is 1170. The Hall–Kier alpha value is -4.25. The third-order valence-corrected chi connectivity index (χ3v) is 5.10. The molecule has 4 rings (SSSR count). The van der Waals surface area contributed by atoms with E-state index >= 15 is 0 Å². The number of nitrogens with two attached hydrogens (primary N) is 2. The summed E-state index contributed by atoms with van der Waals surface area (Å²) in [5.41, 5.74) is 13.4. The average molecular weight is 463 g/mol. The van der Waals surface area contributed by atoms with Crippen LogP contribution in [0.1, 0.15) is 18.7 Å². The molecule has 2 aromatic heterocycles. The van der Waals surface area contributed by atoms with Crippen molar-refractivity contribution in [2.75, 3.05) is 25.2 Å². The van der Waals surface area contributed by atoms with Crippen molar-refractivity contribution in [1.82, 2.24) is 15.1 Å². The van der Waals surface area contributed by atoms with Crippen LogP contribution in [0.4, 0.5) is 5.69 Å². The van der Waals surface area contributed by atoms with Gasteiger partial charge in [0.15, 0.2) is 5.84 Å². The van der Waals surface area contributed by atoms with E-state index in [1.165, 1.54) is 0 Å². The first-order chi connectivity index (χ1) is 16.5. The van der Waals surface area contributed by atoms with E-state index in [1.807, 2.05) is 37.4 Å². The SMILES string of the molecule is C=C(/N=C(N)\N=C(/N)c1noc(-c2ccc(OC3CCOCC3)nc2)n1)N(C)c1ccccc1. The molecule has 0 amide bonds. The number of guanidine groups is 1. The second kappa shape index (κ2) is 10.6. The summed E-state index contributed by atoms with van der Waals surface area (Å²) in [6.07, 6.45) is 3.39. The van der Waals surface area contributed by atoms with Crippen LogP contribution >= 0.6 is 0 Å². The molecule has 4 N–H and O–H groups in total. The molecular weight excluding hydrogens is 436 g/mol. The van der Waals surface area contributed by atoms with Crippen molar-refractivity contribution in [3.05, 3.63) is 66.9 Å². The highest BCUT2D eigenvalue weighted by Gasteiger charge is 2.17. The molecule has 1 aliphatic rings. The molecule has 0 unspecified atom stereocenters. The summed E-state index contributed by atoms with van der Waals surface area (Å²) >= 11 is 0. The smallest absolute Gasteiger partial charge is 0.259 e. The third-order valence-electron chi connectivity index (χ3n) is 5.10. The fourth-order valence-corrected chi connectivity index (χ4v) is 3.19. The van der Waals surface area contributed by atoms with E-state index in [1.54, 1.807) is 23.2 Å². The largest absolute Gasteiger partial charge is 0.474 e. The highest BCUT2D eigenvalue weighted by molar-refractivity contribution is 6.02. The molecule has 0 saturated carbocycles. The van der Waals surface area contributed by atoms with Gasteiger partial charge in [-0.2, -0.15) is 15.0 Å². The van der Waals surface area contributed by atoms with Gasteiger partial charge in [-0.1, -0.05) is 29.9 Å². The monoisotopic (exact) mass is 462 g/mol. The van der Waals surface area contributed by atoms with Crippen LogP contribution in [0.15, 0.2) is 75.6 Å². The predicted molar refractivity (Wildman–Crippen MR) is 128 cm³/mol. The van der Waals surface area contributed by atoms with Crippen molar-refractivity contribution in [2.24, 2.45) is 21.5 Å². The Balaban J connectivity index is 1.40. The van der Waals surface area contributed by atoms with Crippen LogP contribution in [0.5, 0.6) is 5.88 Å². The number of aromatic nitrogens is 3. The Morgan fingerprint density at radius 2 is 1.88 bits per heavy atom. The molecule has 176 valence electrons. The van der Waals surface area contributed by atoms with Crippen LogP contribution in [-0.2, 0) is 4.74 Å². The molecule has 1 aliphatic heterocycles. The molecule has 1 aromatic carbocycles. The molecule has 0 atom stereocenters. The van der Waals surface area contributed by atoms with Gasteiger partial charge in [-0.25, -0.2) is 4.98 Å². The third kappa shape index (κ3) is 5.75. The van der Waals surface area contributed by atoms with Crippen LogP contribution in [0, 0.1) is 0 Å². The highest BCUT2D eigenvalue weighted by atomic mass is 16.5. The first-order valence-electron chi connectivity index (χ1n) is 10.7. The van der Waals surface area contributed by atoms with Crippen LogP contribution in [0.3, 0.4) is 0 Å². The maximum absolute atomic E-state index is 5.99. The molecule has 1 saturated heterocycles. The Kier molecular flexibility index (Phi) is 7.13. The number of nitrogens with zero attached hydrogens (tertiary/aromatic N) is 6. The Morgan fingerprint density at radius 3 is 2.59 bits per heavy atom. The minimum Gasteiger partial charge on any atom is -0.474 e. The molecule has 1 fully saturated rings. The van der Waals surface area contributed by atoms with Gasteiger partial charge in [0, 0.05) is 37.8 Å². The van der Waals surface area contributed by atoms with E-state index in [9.17, 15) is 0 Å². The molecular formula is C23H26N8O3. The first-order valence-corrected chi connectivity index (χ1v) is 10.7. The first kappa shape index (κ1) is 22.9. The Labute approximate surface area is 196 Å². The number of para-hydroxylation sites is 1. The van der Waals surface area contributed by atoms with Crippen molar-refractivity contribution in [1.29, 1.82) is 0 Å². The molecule has 0 bridgehead atoms. The number of anilines is 1. The molecule has 11 heteroatoms. The lowest BCUT2D eigenvalue weighted by atomic mass is 10.1. The summed E-state index contributed by atoms with van der Waals surface area (Å²) < 4.78 is 16.5. The van der Waals surface area contributed by atoms with Gasteiger partial charge >= 0.3 is 0 Å². The summed E-state index contributed by atoms with van der Waals surface area (Å²) in [7, 11) is 1.82. The number of pyridine rings is 1. The van der Waals surface area contributed by atoms with Gasteiger partial charge in [0.1, 0.15) is 11.9 Å². The number of aliphatic imine (C=N–C) groups is 2. The summed E-state index contributed by atoms with van der Waals surface area (Å²) in [6.45, 7) is 5.31. The summed E-state index contributed by atoms with van der Waals surface area (Å²) in [6, 6.07) is 13.1. The normalized spacial score (nSPS) is 15.2. The van der Waals surface area contributed by atoms with E-state index in [0.717, 1.165) is 18.5 Å². The minimum atomic E-state index is -0.0899. The lowest BCUT2D eigenvalue weighted by Gasteiger charge is -2.22. The standard InChI is InChI=1S/C23H26N8O3/c1-15(31(2)17-6-4-3-5-7-17)27-23(25)28-20(24)21-29-22(34-30-21)16-8-9-19(26-14-16)33-18-10-12-32-13-11-18/h3-9,14,18H,1,10-13H2,2H3,(H4,24,25,27,28). The second-order valence-electron chi connectivity index (χ2n) is 7.52. The van der Waals surface area contributed by atoms with Gasteiger partial charge in [-0.3, -0.25) is 0 Å². The summed E-state index contributed by atoms with van der Waals surface area (Å²) in [5.74, 6) is 1.11. The topological polar surface area (TPSA) is 150 Å². The number of benzene rings is 1. The van der Waals surface area contributed by atoms with E-state index in [-0.39, 0.29) is 29.6 Å². The minimum absolute atomic E-state index is 0.0427. The molecule has 0 spiro atoms. The van der Waals surface area contributed by atoms with Crippen molar-refractivity contribution >= 4 is 17.5 Å². The van der Waals surface area contributed by atoms with Crippen LogP contribution in [-0.4, -0.2) is 53.3 Å². The van der Waals surface area contributed by atoms with Crippen molar-refractivity contribution in [2.45, 2.75) is 18.9 Å². The highest BCUT2D eigenvalue weighted by Crippen LogP contribution is 2.21. The molecule has 34 heavy (non-hydrogen) atoms. The number of ether oxygens (including phenoxy) is 2. The number of hydrogen-bond donors (Lipinski definition) is 2. The van der Waals surface area contributed by atoms with E-state index in [0.29, 0.717) is 30.5 Å². The average Bonchev–Trinajstić information content (AvgIpc) is 3.36. The van der Waals surface area contributed by atoms with E-state index in [4.69, 9.17) is 25.5 Å². The van der Waals surface area contributed by atoms with Gasteiger partial charge in [0.2, 0.25) is 17.7 Å². The fraction of sp³-hybridized carbons (Fsp3) is 0.261. The van der Waals surface area contributed by atoms with Crippen LogP contribution < -0.4 is 21.1 Å². The molecule has 3 aromatic rings. The number of amidine groups is 1. The van der Waals surface area contributed by atoms with Crippen LogP contribution in [0.25, 0.3) is 11.5 Å². The molecule has 3 heterocycles. The van der Waals surface area contributed by atoms with Gasteiger partial charge in [-0.15, -0.1) is 0 Å². The number of hydrogen-bond acceptors (Lipinski definition) is 8. The zero-order valence-corrected chi connectivity index (χ0v) is 18.8. The molecule has 11 nitrogen and oxygen atoms in total. The molecule has 0 radical (unpaired) electrons. The number of rotatable bonds is 7. The Morgan fingerprint density at radius 1 is 1.12 bits per heavy atom. The zero-order valence-electron chi connectivity index (χ0n) is 18.8. The maximum atomic E-state index is 5.99. The lowest BCUT2D eigenvalue weighted by molar-refractivity contribution is 0.0237. The van der Waals surface area contributed by atoms with Gasteiger partial charge in [0.05, 0.1) is 18.8 Å². The second-order valence-corrected chi connectivity index (χ2v) is 7.52. The van der Waals surface area contributed by atoms with E-state index in [2.05, 4.69) is 31.7 Å². The summed E-state index contributed by atoms with van der Waals surface area (Å²) in [4.78, 5) is 18.6. The lowest BCUT2D eigenvalue weighted by Crippen LogP contribution is -2.26. The maximum Gasteiger partial charge on any atom is 0.259 e. The quantitative estimate of drug-likeness (QED) is 0.398. The predicted octanol–water partition coefficient (Wildman–Crippen LogP) is 2.32. The van der Waals surface area contributed by atoms with Gasteiger partial charge in [0.25, 0.3) is 5.89 Å². The van der Waals surface area contributed by atoms with Crippen molar-refractivity contribution < 1.29 is 14.0 Å². The van der Waals surface area contributed by atoms with Gasteiger partial charge < -0.3 is 30.4 Å².